The minimum atomic E-state index is -1.22. The zero-order chi connectivity index (χ0) is 21.0. The number of para-hydroxylation sites is 1. The maximum Gasteiger partial charge on any atom is 0.322 e. The predicted molar refractivity (Wildman–Crippen MR) is 110 cm³/mol. The van der Waals surface area contributed by atoms with Crippen molar-refractivity contribution in [3.8, 4) is 5.75 Å². The van der Waals surface area contributed by atoms with Gasteiger partial charge in [-0.2, -0.15) is 0 Å². The Morgan fingerprint density at radius 3 is 2.77 bits per heavy atom. The molecule has 3 aromatic rings. The highest BCUT2D eigenvalue weighted by molar-refractivity contribution is 7.18. The van der Waals surface area contributed by atoms with Crippen LogP contribution >= 0.6 is 11.3 Å². The molecule has 0 aliphatic heterocycles. The Bertz CT molecular complexity index is 1230. The zero-order valence-electron chi connectivity index (χ0n) is 15.9. The number of aromatic hydroxyl groups is 1. The molecule has 30 heavy (non-hydrogen) atoms. The first-order valence-corrected chi connectivity index (χ1v) is 10.6. The second-order valence-corrected chi connectivity index (χ2v) is 8.89. The molecule has 1 amide bonds. The number of carbonyl (C=O) groups is 2. The number of hydrogen-bond acceptors (Lipinski definition) is 6. The average Bonchev–Trinajstić information content (AvgIpc) is 3.43. The van der Waals surface area contributed by atoms with Crippen LogP contribution in [0, 0.1) is 0 Å². The van der Waals surface area contributed by atoms with Crippen molar-refractivity contribution in [2.75, 3.05) is 6.54 Å². The first-order valence-electron chi connectivity index (χ1n) is 9.78. The van der Waals surface area contributed by atoms with E-state index in [9.17, 15) is 19.5 Å². The van der Waals surface area contributed by atoms with E-state index < -0.39 is 24.0 Å². The molecular formula is C21H19N3O5S. The van der Waals surface area contributed by atoms with Crippen LogP contribution in [0.2, 0.25) is 0 Å². The number of hydrogen-bond donors (Lipinski definition) is 3. The fraction of sp³-hybridized carbons (Fsp3) is 0.333. The van der Waals surface area contributed by atoms with E-state index in [-0.39, 0.29) is 29.7 Å². The molecule has 0 spiro atoms. The van der Waals surface area contributed by atoms with E-state index in [4.69, 9.17) is 5.11 Å². The van der Waals surface area contributed by atoms with E-state index in [0.717, 1.165) is 40.2 Å². The predicted octanol–water partition coefficient (Wildman–Crippen LogP) is 2.39. The molecule has 8 nitrogen and oxygen atoms in total. The van der Waals surface area contributed by atoms with Gasteiger partial charge in [-0.05, 0) is 37.3 Å². The normalized spacial score (nSPS) is 19.2. The number of rotatable bonds is 5. The maximum absolute atomic E-state index is 13.3. The van der Waals surface area contributed by atoms with Crippen molar-refractivity contribution in [3.63, 3.8) is 0 Å². The van der Waals surface area contributed by atoms with Crippen LogP contribution in [0.25, 0.3) is 10.2 Å². The summed E-state index contributed by atoms with van der Waals surface area (Å²) >= 11 is 1.49. The minimum Gasteiger partial charge on any atom is -0.507 e. The summed E-state index contributed by atoms with van der Waals surface area (Å²) in [6.45, 7) is -0.415. The lowest BCUT2D eigenvalue weighted by molar-refractivity contribution is -0.135. The van der Waals surface area contributed by atoms with Gasteiger partial charge in [0, 0.05) is 17.2 Å². The van der Waals surface area contributed by atoms with Gasteiger partial charge in [-0.3, -0.25) is 14.4 Å². The van der Waals surface area contributed by atoms with Crippen molar-refractivity contribution in [2.45, 2.75) is 37.6 Å². The second kappa shape index (κ2) is 6.94. The van der Waals surface area contributed by atoms with Crippen LogP contribution in [0.4, 0.5) is 0 Å². The van der Waals surface area contributed by atoms with Gasteiger partial charge in [-0.15, -0.1) is 11.3 Å². The molecule has 2 aliphatic carbocycles. The number of thiazole rings is 1. The first kappa shape index (κ1) is 18.8. The van der Waals surface area contributed by atoms with Crippen molar-refractivity contribution >= 4 is 33.4 Å². The highest BCUT2D eigenvalue weighted by atomic mass is 32.1. The summed E-state index contributed by atoms with van der Waals surface area (Å²) in [5, 5.41) is 22.6. The summed E-state index contributed by atoms with van der Waals surface area (Å²) in [5.41, 5.74) is 1.31. The van der Waals surface area contributed by atoms with E-state index in [1.54, 1.807) is 4.57 Å². The van der Waals surface area contributed by atoms with Gasteiger partial charge in [-0.25, -0.2) is 4.98 Å². The van der Waals surface area contributed by atoms with Crippen LogP contribution < -0.4 is 10.9 Å². The molecule has 1 saturated carbocycles. The van der Waals surface area contributed by atoms with Crippen molar-refractivity contribution in [1.82, 2.24) is 14.9 Å². The quantitative estimate of drug-likeness (QED) is 0.577. The van der Waals surface area contributed by atoms with Crippen molar-refractivity contribution < 1.29 is 19.8 Å². The summed E-state index contributed by atoms with van der Waals surface area (Å²) in [6, 6.07) is 7.71. The molecule has 2 aliphatic rings. The topological polar surface area (TPSA) is 122 Å². The number of aliphatic carboxylic acids is 1. The van der Waals surface area contributed by atoms with Crippen molar-refractivity contribution in [2.24, 2.45) is 0 Å². The van der Waals surface area contributed by atoms with Gasteiger partial charge in [0.1, 0.15) is 22.9 Å². The Balaban J connectivity index is 1.64. The summed E-state index contributed by atoms with van der Waals surface area (Å²) in [5.74, 6) is -2.11. The lowest BCUT2D eigenvalue weighted by atomic mass is 9.93. The number of carboxylic acid groups (broad SMARTS) is 1. The van der Waals surface area contributed by atoms with Crippen LogP contribution in [-0.4, -0.2) is 38.2 Å². The third-order valence-corrected chi connectivity index (χ3v) is 7.03. The van der Waals surface area contributed by atoms with Gasteiger partial charge in [0.05, 0.1) is 16.8 Å². The summed E-state index contributed by atoms with van der Waals surface area (Å²) in [7, 11) is 0. The number of amides is 1. The lowest BCUT2D eigenvalue weighted by Crippen LogP contribution is -2.37. The Morgan fingerprint density at radius 1 is 1.23 bits per heavy atom. The molecule has 2 bridgehead atoms. The van der Waals surface area contributed by atoms with Gasteiger partial charge in [0.15, 0.2) is 0 Å². The monoisotopic (exact) mass is 425 g/mol. The molecular weight excluding hydrogens is 406 g/mol. The number of aromatic nitrogens is 2. The van der Waals surface area contributed by atoms with E-state index in [1.165, 1.54) is 11.3 Å². The van der Waals surface area contributed by atoms with E-state index in [2.05, 4.69) is 10.3 Å². The van der Waals surface area contributed by atoms with Gasteiger partial charge >= 0.3 is 5.97 Å². The molecule has 9 heteroatoms. The molecule has 2 aromatic heterocycles. The SMILES string of the molecule is O=C(O)CNC(=O)c1c(O)c2c(n(Cc3nc4ccccc4s3)c1=O)[C@@H]1CC[C@H]2C1. The molecule has 0 saturated heterocycles. The number of nitrogens with one attached hydrogen (secondary N) is 1. The van der Waals surface area contributed by atoms with Crippen LogP contribution in [-0.2, 0) is 11.3 Å². The highest BCUT2D eigenvalue weighted by Gasteiger charge is 2.43. The number of nitrogens with zero attached hydrogens (tertiary/aromatic N) is 2. The smallest absolute Gasteiger partial charge is 0.322 e. The van der Waals surface area contributed by atoms with Gasteiger partial charge < -0.3 is 20.1 Å². The number of pyridine rings is 1. The van der Waals surface area contributed by atoms with Crippen LogP contribution in [0.3, 0.4) is 0 Å². The maximum atomic E-state index is 13.3. The fourth-order valence-corrected chi connectivity index (χ4v) is 5.77. The van der Waals surface area contributed by atoms with Crippen molar-refractivity contribution in [1.29, 1.82) is 0 Å². The van der Waals surface area contributed by atoms with Gasteiger partial charge in [0.25, 0.3) is 11.5 Å². The van der Waals surface area contributed by atoms with Crippen LogP contribution in [0.5, 0.6) is 5.75 Å². The minimum absolute atomic E-state index is 0.109. The van der Waals surface area contributed by atoms with Crippen molar-refractivity contribution in [3.05, 3.63) is 56.4 Å². The zero-order valence-corrected chi connectivity index (χ0v) is 16.7. The molecule has 1 aromatic carbocycles. The number of carbonyl (C=O) groups excluding carboxylic acids is 1. The molecule has 0 unspecified atom stereocenters. The number of carboxylic acids is 1. The number of benzene rings is 1. The van der Waals surface area contributed by atoms with Gasteiger partial charge in [-0.1, -0.05) is 12.1 Å². The van der Waals surface area contributed by atoms with Crippen LogP contribution in [0.15, 0.2) is 29.1 Å². The van der Waals surface area contributed by atoms with Crippen LogP contribution in [0.1, 0.15) is 57.7 Å². The molecule has 1 fully saturated rings. The Labute approximate surface area is 174 Å². The Hall–Kier alpha value is -3.20. The summed E-state index contributed by atoms with van der Waals surface area (Å²) in [6.07, 6.45) is 2.70. The average molecular weight is 425 g/mol. The van der Waals surface area contributed by atoms with Gasteiger partial charge in [0.2, 0.25) is 0 Å². The molecule has 0 radical (unpaired) electrons. The first-order chi connectivity index (χ1) is 14.4. The van der Waals surface area contributed by atoms with E-state index in [0.29, 0.717) is 5.56 Å². The summed E-state index contributed by atoms with van der Waals surface area (Å²) in [4.78, 5) is 41.3. The van der Waals surface area contributed by atoms with E-state index in [1.807, 2.05) is 24.3 Å². The molecule has 5 rings (SSSR count). The Morgan fingerprint density at radius 2 is 2.00 bits per heavy atom. The molecule has 2 heterocycles. The molecule has 154 valence electrons. The Kier molecular flexibility index (Phi) is 4.35. The largest absolute Gasteiger partial charge is 0.507 e. The number of fused-ring (bicyclic) bond motifs is 6. The lowest BCUT2D eigenvalue weighted by Gasteiger charge is -2.23. The highest BCUT2D eigenvalue weighted by Crippen LogP contribution is 2.55. The van der Waals surface area contributed by atoms with E-state index >= 15 is 0 Å². The standard InChI is InChI=1S/C21H19N3O5S/c25-15(26)8-22-20(28)17-19(27)16-10-5-6-11(7-10)18(16)24(21(17)29)9-14-23-12-3-1-2-4-13(12)30-14/h1-4,10-11,27H,5-9H2,(H,22,28)(H,25,26)/t10-,11+/m0/s1. The molecule has 3 N–H and O–H groups in total. The summed E-state index contributed by atoms with van der Waals surface area (Å²) < 4.78 is 2.57. The second-order valence-electron chi connectivity index (χ2n) is 7.77. The molecule has 2 atom stereocenters. The third kappa shape index (κ3) is 2.88. The fourth-order valence-electron chi connectivity index (χ4n) is 4.81. The third-order valence-electron chi connectivity index (χ3n) is 6.00.